The number of sulfonamides is 1. The van der Waals surface area contributed by atoms with Gasteiger partial charge in [-0.1, -0.05) is 0 Å². The molecule has 0 aliphatic carbocycles. The quantitative estimate of drug-likeness (QED) is 0.769. The molecule has 16 heavy (non-hydrogen) atoms. The number of anilines is 1. The van der Waals surface area contributed by atoms with Crippen LogP contribution in [-0.4, -0.2) is 13.4 Å². The second-order valence-electron chi connectivity index (χ2n) is 2.78. The number of aromatic nitrogens is 1. The summed E-state index contributed by atoms with van der Waals surface area (Å²) in [6, 6.07) is 2.15. The fraction of sp³-hybridized carbons (Fsp3) is 0.143. The lowest BCUT2D eigenvalue weighted by Gasteiger charge is -2.07. The maximum absolute atomic E-state index is 12.5. The van der Waals surface area contributed by atoms with Gasteiger partial charge in [0, 0.05) is 0 Å². The van der Waals surface area contributed by atoms with E-state index in [-0.39, 0.29) is 5.69 Å². The van der Waals surface area contributed by atoms with Crippen molar-refractivity contribution in [1.29, 1.82) is 5.26 Å². The Morgan fingerprint density at radius 3 is 2.44 bits per heavy atom. The number of nitrogens with two attached hydrogens (primary N) is 2. The normalized spacial score (nSPS) is 11.4. The molecular formula is C7H6F2N4O2S. The predicted molar refractivity (Wildman–Crippen MR) is 49.7 cm³/mol. The van der Waals surface area contributed by atoms with Gasteiger partial charge in [0.1, 0.15) is 6.07 Å². The first kappa shape index (κ1) is 12.3. The summed E-state index contributed by atoms with van der Waals surface area (Å²) in [6.07, 6.45) is -3.10. The van der Waals surface area contributed by atoms with Crippen LogP contribution in [0.4, 0.5) is 14.5 Å². The monoisotopic (exact) mass is 248 g/mol. The molecule has 0 unspecified atom stereocenters. The zero-order chi connectivity index (χ0) is 12.5. The molecule has 0 aromatic carbocycles. The van der Waals surface area contributed by atoms with E-state index < -0.39 is 32.7 Å². The molecule has 1 aromatic rings. The molecule has 1 aromatic heterocycles. The lowest BCUT2D eigenvalue weighted by atomic mass is 10.2. The average molecular weight is 248 g/mol. The summed E-state index contributed by atoms with van der Waals surface area (Å²) in [5, 5.41) is 12.2. The van der Waals surface area contributed by atoms with E-state index in [1.54, 1.807) is 0 Å². The summed E-state index contributed by atoms with van der Waals surface area (Å²) in [5.74, 6) is 0. The van der Waals surface area contributed by atoms with Crippen LogP contribution in [-0.2, 0) is 10.0 Å². The molecule has 1 rings (SSSR count). The van der Waals surface area contributed by atoms with Gasteiger partial charge in [-0.25, -0.2) is 27.3 Å². The molecule has 6 nitrogen and oxygen atoms in total. The highest BCUT2D eigenvalue weighted by atomic mass is 32.2. The first-order chi connectivity index (χ1) is 7.27. The molecule has 0 saturated heterocycles. The lowest BCUT2D eigenvalue weighted by molar-refractivity contribution is 0.147. The van der Waals surface area contributed by atoms with E-state index in [0.717, 1.165) is 0 Å². The molecule has 86 valence electrons. The largest absolute Gasteiger partial charge is 0.396 e. The number of nitrogen functional groups attached to an aromatic ring is 1. The molecule has 0 amide bonds. The van der Waals surface area contributed by atoms with Gasteiger partial charge in [-0.05, 0) is 6.07 Å². The summed E-state index contributed by atoms with van der Waals surface area (Å²) in [6.45, 7) is 0. The van der Waals surface area contributed by atoms with E-state index in [9.17, 15) is 17.2 Å². The third kappa shape index (κ3) is 2.23. The van der Waals surface area contributed by atoms with Crippen LogP contribution < -0.4 is 10.9 Å². The van der Waals surface area contributed by atoms with E-state index in [4.69, 9.17) is 16.1 Å². The zero-order valence-electron chi connectivity index (χ0n) is 7.68. The maximum atomic E-state index is 12.5. The number of primary sulfonamides is 1. The number of nitrogens with zero attached hydrogens (tertiary/aromatic N) is 2. The highest BCUT2D eigenvalue weighted by molar-refractivity contribution is 7.89. The molecular weight excluding hydrogens is 242 g/mol. The van der Waals surface area contributed by atoms with Crippen LogP contribution in [0, 0.1) is 11.3 Å². The van der Waals surface area contributed by atoms with Gasteiger partial charge in [0.2, 0.25) is 0 Å². The number of nitriles is 1. The van der Waals surface area contributed by atoms with Gasteiger partial charge < -0.3 is 5.73 Å². The third-order valence-corrected chi connectivity index (χ3v) is 2.52. The second kappa shape index (κ2) is 3.99. The minimum Gasteiger partial charge on any atom is -0.396 e. The number of alkyl halides is 2. The van der Waals surface area contributed by atoms with Gasteiger partial charge in [-0.3, -0.25) is 0 Å². The number of rotatable bonds is 2. The van der Waals surface area contributed by atoms with Crippen LogP contribution in [0.1, 0.15) is 17.7 Å². The highest BCUT2D eigenvalue weighted by Gasteiger charge is 2.24. The molecule has 0 radical (unpaired) electrons. The van der Waals surface area contributed by atoms with Crippen molar-refractivity contribution >= 4 is 15.7 Å². The summed E-state index contributed by atoms with van der Waals surface area (Å²) < 4.78 is 46.9. The van der Waals surface area contributed by atoms with Crippen LogP contribution in [0.5, 0.6) is 0 Å². The SMILES string of the molecule is N#Cc1nc(S(N)(=O)=O)c(C(F)F)cc1N. The van der Waals surface area contributed by atoms with Crippen molar-refractivity contribution in [2.45, 2.75) is 11.5 Å². The van der Waals surface area contributed by atoms with E-state index in [0.29, 0.717) is 6.07 Å². The second-order valence-corrected chi connectivity index (χ2v) is 4.25. The lowest BCUT2D eigenvalue weighted by Crippen LogP contribution is -2.18. The van der Waals surface area contributed by atoms with Crippen molar-refractivity contribution in [3.05, 3.63) is 17.3 Å². The molecule has 9 heteroatoms. The Labute approximate surface area is 89.5 Å². The topological polar surface area (TPSA) is 123 Å². The smallest absolute Gasteiger partial charge is 0.266 e. The van der Waals surface area contributed by atoms with E-state index in [2.05, 4.69) is 4.98 Å². The van der Waals surface area contributed by atoms with Gasteiger partial charge in [-0.2, -0.15) is 5.26 Å². The molecule has 0 saturated carbocycles. The van der Waals surface area contributed by atoms with Crippen molar-refractivity contribution < 1.29 is 17.2 Å². The van der Waals surface area contributed by atoms with Gasteiger partial charge in [-0.15, -0.1) is 0 Å². The number of halogens is 2. The van der Waals surface area contributed by atoms with Gasteiger partial charge >= 0.3 is 0 Å². The van der Waals surface area contributed by atoms with E-state index in [1.807, 2.05) is 0 Å². The molecule has 0 atom stereocenters. The van der Waals surface area contributed by atoms with E-state index in [1.165, 1.54) is 6.07 Å². The van der Waals surface area contributed by atoms with Crippen molar-refractivity contribution in [1.82, 2.24) is 4.98 Å². The van der Waals surface area contributed by atoms with Crippen LogP contribution in [0.25, 0.3) is 0 Å². The van der Waals surface area contributed by atoms with Crippen molar-refractivity contribution in [3.8, 4) is 6.07 Å². The van der Waals surface area contributed by atoms with Crippen molar-refractivity contribution in [3.63, 3.8) is 0 Å². The highest BCUT2D eigenvalue weighted by Crippen LogP contribution is 2.27. The predicted octanol–water partition coefficient (Wildman–Crippen LogP) is 0.120. The Morgan fingerprint density at radius 1 is 1.50 bits per heavy atom. The van der Waals surface area contributed by atoms with E-state index >= 15 is 0 Å². The molecule has 0 aliphatic heterocycles. The van der Waals surface area contributed by atoms with Gasteiger partial charge in [0.15, 0.2) is 10.7 Å². The van der Waals surface area contributed by atoms with Crippen LogP contribution in [0.15, 0.2) is 11.1 Å². The number of hydrogen-bond acceptors (Lipinski definition) is 5. The Morgan fingerprint density at radius 2 is 2.06 bits per heavy atom. The molecule has 0 bridgehead atoms. The summed E-state index contributed by atoms with van der Waals surface area (Å²) in [4.78, 5) is 3.20. The first-order valence-corrected chi connectivity index (χ1v) is 5.33. The Balaban J connectivity index is 3.64. The molecule has 0 fully saturated rings. The minimum atomic E-state index is -4.43. The summed E-state index contributed by atoms with van der Waals surface area (Å²) in [7, 11) is -4.43. The maximum Gasteiger partial charge on any atom is 0.266 e. The Hall–Kier alpha value is -1.79. The molecule has 1 heterocycles. The van der Waals surface area contributed by atoms with Crippen LogP contribution >= 0.6 is 0 Å². The Kier molecular flexibility index (Phi) is 3.06. The third-order valence-electron chi connectivity index (χ3n) is 1.66. The molecule has 0 spiro atoms. The van der Waals surface area contributed by atoms with Gasteiger partial charge in [0.05, 0.1) is 11.3 Å². The minimum absolute atomic E-state index is 0.329. The number of hydrogen-bond donors (Lipinski definition) is 2. The number of pyridine rings is 1. The fourth-order valence-electron chi connectivity index (χ4n) is 1.00. The van der Waals surface area contributed by atoms with Crippen molar-refractivity contribution in [2.24, 2.45) is 5.14 Å². The summed E-state index contributed by atoms with van der Waals surface area (Å²) in [5.41, 5.74) is 3.52. The standard InChI is InChI=1S/C7H6F2N4O2S/c8-6(9)3-1-4(11)5(2-10)13-7(3)16(12,14)15/h1,6H,11H2,(H2,12,14,15). The molecule has 0 aliphatic rings. The molecule has 4 N–H and O–H groups in total. The van der Waals surface area contributed by atoms with Gasteiger partial charge in [0.25, 0.3) is 16.4 Å². The first-order valence-electron chi connectivity index (χ1n) is 3.79. The van der Waals surface area contributed by atoms with Crippen molar-refractivity contribution in [2.75, 3.05) is 5.73 Å². The Bertz CT molecular complexity index is 564. The van der Waals surface area contributed by atoms with Crippen LogP contribution in [0.2, 0.25) is 0 Å². The average Bonchev–Trinajstić information content (AvgIpc) is 2.15. The summed E-state index contributed by atoms with van der Waals surface area (Å²) >= 11 is 0. The van der Waals surface area contributed by atoms with Crippen LogP contribution in [0.3, 0.4) is 0 Å². The fourth-order valence-corrected chi connectivity index (χ4v) is 1.70. The zero-order valence-corrected chi connectivity index (χ0v) is 8.50.